The lowest BCUT2D eigenvalue weighted by Gasteiger charge is -2.14. The zero-order chi connectivity index (χ0) is 19.7. The van der Waals surface area contributed by atoms with Gasteiger partial charge < -0.3 is 15.4 Å². The van der Waals surface area contributed by atoms with Crippen molar-refractivity contribution in [3.8, 4) is 0 Å². The third-order valence-electron chi connectivity index (χ3n) is 3.10. The van der Waals surface area contributed by atoms with Crippen LogP contribution in [-0.4, -0.2) is 51.7 Å². The second-order valence-corrected chi connectivity index (χ2v) is 7.32. The van der Waals surface area contributed by atoms with Crippen molar-refractivity contribution in [1.29, 1.82) is 0 Å². The molecular weight excluding hydrogens is 362 g/mol. The first-order valence-electron chi connectivity index (χ1n) is 7.95. The molecule has 1 aromatic rings. The molecule has 0 saturated carbocycles. The van der Waals surface area contributed by atoms with Crippen molar-refractivity contribution >= 4 is 33.5 Å². The van der Waals surface area contributed by atoms with Gasteiger partial charge in [-0.15, -0.1) is 0 Å². The second-order valence-electron chi connectivity index (χ2n) is 5.58. The van der Waals surface area contributed by atoms with Crippen molar-refractivity contribution < 1.29 is 27.5 Å². The average molecular weight is 385 g/mol. The molecule has 1 aromatic carbocycles. The molecule has 0 bridgehead atoms. The summed E-state index contributed by atoms with van der Waals surface area (Å²) in [6.45, 7) is 3.31. The number of carbonyl (C=O) groups is 3. The van der Waals surface area contributed by atoms with Gasteiger partial charge in [0.25, 0.3) is 5.91 Å². The van der Waals surface area contributed by atoms with Gasteiger partial charge in [-0.3, -0.25) is 14.3 Å². The smallest absolute Gasteiger partial charge is 0.340 e. The lowest BCUT2D eigenvalue weighted by molar-refractivity contribution is -0.130. The SMILES string of the molecule is CCCNC(=O)[C@@H](C)NC(=O)COC(=O)c1ccccc1NS(C)(=O)=O. The highest BCUT2D eigenvalue weighted by Gasteiger charge is 2.18. The molecule has 1 rings (SSSR count). The highest BCUT2D eigenvalue weighted by Crippen LogP contribution is 2.17. The van der Waals surface area contributed by atoms with Crippen LogP contribution in [0.1, 0.15) is 30.6 Å². The molecule has 0 saturated heterocycles. The first kappa shape index (κ1) is 21.4. The average Bonchev–Trinajstić information content (AvgIpc) is 2.56. The van der Waals surface area contributed by atoms with Crippen molar-refractivity contribution in [2.24, 2.45) is 0 Å². The number of nitrogens with one attached hydrogen (secondary N) is 3. The quantitative estimate of drug-likeness (QED) is 0.522. The van der Waals surface area contributed by atoms with Gasteiger partial charge in [0.05, 0.1) is 17.5 Å². The van der Waals surface area contributed by atoms with Crippen LogP contribution in [0.4, 0.5) is 5.69 Å². The van der Waals surface area contributed by atoms with Crippen LogP contribution in [0.2, 0.25) is 0 Å². The van der Waals surface area contributed by atoms with Gasteiger partial charge in [0.15, 0.2) is 6.61 Å². The van der Waals surface area contributed by atoms with Crippen LogP contribution >= 0.6 is 0 Å². The summed E-state index contributed by atoms with van der Waals surface area (Å²) in [6, 6.07) is 5.08. The molecule has 2 amide bonds. The topological polar surface area (TPSA) is 131 Å². The van der Waals surface area contributed by atoms with Crippen LogP contribution in [0.25, 0.3) is 0 Å². The van der Waals surface area contributed by atoms with Crippen molar-refractivity contribution in [3.05, 3.63) is 29.8 Å². The van der Waals surface area contributed by atoms with E-state index in [1.165, 1.54) is 25.1 Å². The van der Waals surface area contributed by atoms with Crippen LogP contribution < -0.4 is 15.4 Å². The molecule has 3 N–H and O–H groups in total. The number of para-hydroxylation sites is 1. The Balaban J connectivity index is 2.61. The number of esters is 1. The fraction of sp³-hybridized carbons (Fsp3) is 0.438. The Morgan fingerprint density at radius 1 is 1.19 bits per heavy atom. The van der Waals surface area contributed by atoms with Gasteiger partial charge in [0, 0.05) is 6.54 Å². The predicted molar refractivity (Wildman–Crippen MR) is 96.1 cm³/mol. The fourth-order valence-corrected chi connectivity index (χ4v) is 2.49. The zero-order valence-electron chi connectivity index (χ0n) is 14.9. The van der Waals surface area contributed by atoms with E-state index in [0.29, 0.717) is 6.54 Å². The fourth-order valence-electron chi connectivity index (χ4n) is 1.91. The molecule has 0 unspecified atom stereocenters. The number of hydrogen-bond donors (Lipinski definition) is 3. The number of sulfonamides is 1. The highest BCUT2D eigenvalue weighted by molar-refractivity contribution is 7.92. The minimum absolute atomic E-state index is 0.0283. The normalized spacial score (nSPS) is 12.0. The summed E-state index contributed by atoms with van der Waals surface area (Å²) >= 11 is 0. The minimum Gasteiger partial charge on any atom is -0.452 e. The summed E-state index contributed by atoms with van der Waals surface area (Å²) in [4.78, 5) is 35.6. The monoisotopic (exact) mass is 385 g/mol. The molecule has 9 nitrogen and oxygen atoms in total. The van der Waals surface area contributed by atoms with Gasteiger partial charge in [-0.1, -0.05) is 19.1 Å². The molecule has 0 aliphatic rings. The maximum absolute atomic E-state index is 12.1. The Bertz CT molecular complexity index is 763. The van der Waals surface area contributed by atoms with Crippen LogP contribution in [0.3, 0.4) is 0 Å². The van der Waals surface area contributed by atoms with E-state index in [0.717, 1.165) is 12.7 Å². The molecule has 0 aromatic heterocycles. The van der Waals surface area contributed by atoms with Crippen molar-refractivity contribution in [2.75, 3.05) is 24.1 Å². The highest BCUT2D eigenvalue weighted by atomic mass is 32.2. The third-order valence-corrected chi connectivity index (χ3v) is 3.69. The number of rotatable bonds is 9. The van der Waals surface area contributed by atoms with E-state index in [9.17, 15) is 22.8 Å². The maximum atomic E-state index is 12.1. The molecule has 0 fully saturated rings. The first-order valence-corrected chi connectivity index (χ1v) is 9.84. The zero-order valence-corrected chi connectivity index (χ0v) is 15.7. The molecule has 1 atom stereocenters. The minimum atomic E-state index is -3.58. The molecular formula is C16H23N3O6S. The summed E-state index contributed by atoms with van der Waals surface area (Å²) in [5.41, 5.74) is 0.0205. The molecule has 0 heterocycles. The lowest BCUT2D eigenvalue weighted by Crippen LogP contribution is -2.46. The molecule has 26 heavy (non-hydrogen) atoms. The van der Waals surface area contributed by atoms with Gasteiger partial charge in [-0.05, 0) is 25.5 Å². The largest absolute Gasteiger partial charge is 0.452 e. The summed E-state index contributed by atoms with van der Waals surface area (Å²) in [7, 11) is -3.58. The summed E-state index contributed by atoms with van der Waals surface area (Å²) in [5, 5.41) is 5.04. The first-order chi connectivity index (χ1) is 12.1. The summed E-state index contributed by atoms with van der Waals surface area (Å²) in [6.07, 6.45) is 1.72. The molecule has 0 aliphatic heterocycles. The van der Waals surface area contributed by atoms with Gasteiger partial charge in [-0.2, -0.15) is 0 Å². The van der Waals surface area contributed by atoms with E-state index in [-0.39, 0.29) is 17.2 Å². The number of ether oxygens (including phenoxy) is 1. The van der Waals surface area contributed by atoms with E-state index in [4.69, 9.17) is 4.74 Å². The Morgan fingerprint density at radius 3 is 2.46 bits per heavy atom. The van der Waals surface area contributed by atoms with E-state index in [2.05, 4.69) is 15.4 Å². The molecule has 10 heteroatoms. The van der Waals surface area contributed by atoms with Gasteiger partial charge in [0.1, 0.15) is 6.04 Å². The van der Waals surface area contributed by atoms with Crippen LogP contribution in [0.5, 0.6) is 0 Å². The standard InChI is InChI=1S/C16H23N3O6S/c1-4-9-17-15(21)11(2)18-14(20)10-25-16(22)12-7-5-6-8-13(12)19-26(3,23)24/h5-8,11,19H,4,9-10H2,1-3H3,(H,17,21)(H,18,20)/t11-/m1/s1. The van der Waals surface area contributed by atoms with Crippen molar-refractivity contribution in [3.63, 3.8) is 0 Å². The van der Waals surface area contributed by atoms with E-state index in [1.807, 2.05) is 6.92 Å². The van der Waals surface area contributed by atoms with E-state index < -0.39 is 34.5 Å². The third kappa shape index (κ3) is 7.51. The lowest BCUT2D eigenvalue weighted by atomic mass is 10.2. The molecule has 0 spiro atoms. The number of hydrogen-bond acceptors (Lipinski definition) is 6. The number of amides is 2. The predicted octanol–water partition coefficient (Wildman–Crippen LogP) is 0.246. The Kier molecular flexibility index (Phi) is 8.04. The Morgan fingerprint density at radius 2 is 1.85 bits per heavy atom. The van der Waals surface area contributed by atoms with Crippen LogP contribution in [-0.2, 0) is 24.3 Å². The number of anilines is 1. The van der Waals surface area contributed by atoms with E-state index in [1.54, 1.807) is 6.07 Å². The maximum Gasteiger partial charge on any atom is 0.340 e. The number of carbonyl (C=O) groups excluding carboxylic acids is 3. The van der Waals surface area contributed by atoms with Crippen LogP contribution in [0, 0.1) is 0 Å². The van der Waals surface area contributed by atoms with Gasteiger partial charge >= 0.3 is 5.97 Å². The van der Waals surface area contributed by atoms with Crippen molar-refractivity contribution in [1.82, 2.24) is 10.6 Å². The summed E-state index contributed by atoms with van der Waals surface area (Å²) < 4.78 is 29.8. The molecule has 0 aliphatic carbocycles. The Hall–Kier alpha value is -2.62. The van der Waals surface area contributed by atoms with E-state index >= 15 is 0 Å². The number of benzene rings is 1. The molecule has 0 radical (unpaired) electrons. The second kappa shape index (κ2) is 9.76. The molecule has 144 valence electrons. The summed E-state index contributed by atoms with van der Waals surface area (Å²) in [5.74, 6) is -1.85. The Labute approximate surface area is 152 Å². The van der Waals surface area contributed by atoms with Crippen LogP contribution in [0.15, 0.2) is 24.3 Å². The van der Waals surface area contributed by atoms with Crippen molar-refractivity contribution in [2.45, 2.75) is 26.3 Å². The van der Waals surface area contributed by atoms with Gasteiger partial charge in [0.2, 0.25) is 15.9 Å². The van der Waals surface area contributed by atoms with Gasteiger partial charge in [-0.25, -0.2) is 13.2 Å².